The van der Waals surface area contributed by atoms with Gasteiger partial charge in [0.2, 0.25) is 5.91 Å². The van der Waals surface area contributed by atoms with Crippen LogP contribution < -0.4 is 15.4 Å². The van der Waals surface area contributed by atoms with Crippen LogP contribution in [-0.4, -0.2) is 30.2 Å². The standard InChI is InChI=1S/C16H26N2O3/c1-4-12(3)18-15(19)9-10-17-11-13-7-6-8-14(16(13)20)21-5-2/h6-8,12,17,20H,4-5,9-11H2,1-3H3,(H,18,19). The van der Waals surface area contributed by atoms with Crippen molar-refractivity contribution in [1.29, 1.82) is 0 Å². The Morgan fingerprint density at radius 2 is 2.14 bits per heavy atom. The fourth-order valence-corrected chi connectivity index (χ4v) is 1.86. The van der Waals surface area contributed by atoms with Gasteiger partial charge in [0.1, 0.15) is 0 Å². The highest BCUT2D eigenvalue weighted by atomic mass is 16.5. The van der Waals surface area contributed by atoms with Crippen molar-refractivity contribution in [3.8, 4) is 11.5 Å². The van der Waals surface area contributed by atoms with E-state index >= 15 is 0 Å². The summed E-state index contributed by atoms with van der Waals surface area (Å²) in [5.74, 6) is 0.700. The Hall–Kier alpha value is -1.75. The molecule has 0 saturated carbocycles. The second-order valence-electron chi connectivity index (χ2n) is 5.00. The Labute approximate surface area is 126 Å². The molecule has 21 heavy (non-hydrogen) atoms. The molecular weight excluding hydrogens is 268 g/mol. The lowest BCUT2D eigenvalue weighted by molar-refractivity contribution is -0.121. The van der Waals surface area contributed by atoms with Gasteiger partial charge in [-0.3, -0.25) is 4.79 Å². The van der Waals surface area contributed by atoms with Gasteiger partial charge in [-0.05, 0) is 26.3 Å². The molecule has 0 fully saturated rings. The lowest BCUT2D eigenvalue weighted by Crippen LogP contribution is -2.33. The molecule has 0 aliphatic carbocycles. The van der Waals surface area contributed by atoms with Crippen molar-refractivity contribution in [2.75, 3.05) is 13.2 Å². The number of phenolic OH excluding ortho intramolecular Hbond substituents is 1. The summed E-state index contributed by atoms with van der Waals surface area (Å²) in [6.07, 6.45) is 1.35. The predicted octanol–water partition coefficient (Wildman–Crippen LogP) is 2.19. The summed E-state index contributed by atoms with van der Waals surface area (Å²) in [4.78, 5) is 11.6. The highest BCUT2D eigenvalue weighted by Crippen LogP contribution is 2.29. The number of aromatic hydroxyl groups is 1. The SMILES string of the molecule is CCOc1cccc(CNCCC(=O)NC(C)CC)c1O. The molecule has 1 amide bonds. The number of nitrogens with one attached hydrogen (secondary N) is 2. The second-order valence-corrected chi connectivity index (χ2v) is 5.00. The zero-order chi connectivity index (χ0) is 15.7. The number of hydrogen-bond donors (Lipinski definition) is 3. The average Bonchev–Trinajstić information content (AvgIpc) is 2.47. The zero-order valence-electron chi connectivity index (χ0n) is 13.1. The Morgan fingerprint density at radius 3 is 2.81 bits per heavy atom. The monoisotopic (exact) mass is 294 g/mol. The fourth-order valence-electron chi connectivity index (χ4n) is 1.86. The van der Waals surface area contributed by atoms with Gasteiger partial charge in [0, 0.05) is 31.1 Å². The maximum absolute atomic E-state index is 11.6. The van der Waals surface area contributed by atoms with Crippen molar-refractivity contribution in [1.82, 2.24) is 10.6 Å². The number of amides is 1. The van der Waals surface area contributed by atoms with Crippen molar-refractivity contribution >= 4 is 5.91 Å². The number of carbonyl (C=O) groups is 1. The van der Waals surface area contributed by atoms with Crippen LogP contribution in [0.3, 0.4) is 0 Å². The van der Waals surface area contributed by atoms with Gasteiger partial charge in [0.25, 0.3) is 0 Å². The van der Waals surface area contributed by atoms with E-state index in [1.807, 2.05) is 32.9 Å². The summed E-state index contributed by atoms with van der Waals surface area (Å²) in [6, 6.07) is 5.63. The lowest BCUT2D eigenvalue weighted by atomic mass is 10.2. The van der Waals surface area contributed by atoms with E-state index in [9.17, 15) is 9.90 Å². The highest BCUT2D eigenvalue weighted by molar-refractivity contribution is 5.76. The van der Waals surface area contributed by atoms with Gasteiger partial charge in [0.05, 0.1) is 6.61 Å². The number of carbonyl (C=O) groups excluding carboxylic acids is 1. The van der Waals surface area contributed by atoms with Crippen molar-refractivity contribution in [2.24, 2.45) is 0 Å². The summed E-state index contributed by atoms with van der Waals surface area (Å²) in [7, 11) is 0. The van der Waals surface area contributed by atoms with Gasteiger partial charge in [0.15, 0.2) is 11.5 Å². The third-order valence-corrected chi connectivity index (χ3v) is 3.25. The number of phenols is 1. The molecule has 0 spiro atoms. The third-order valence-electron chi connectivity index (χ3n) is 3.25. The molecule has 0 radical (unpaired) electrons. The maximum Gasteiger partial charge on any atom is 0.221 e. The van der Waals surface area contributed by atoms with E-state index in [0.717, 1.165) is 12.0 Å². The first kappa shape index (κ1) is 17.3. The van der Waals surface area contributed by atoms with E-state index in [1.54, 1.807) is 6.07 Å². The zero-order valence-corrected chi connectivity index (χ0v) is 13.1. The van der Waals surface area contributed by atoms with Crippen molar-refractivity contribution in [2.45, 2.75) is 46.2 Å². The van der Waals surface area contributed by atoms with E-state index in [1.165, 1.54) is 0 Å². The third kappa shape index (κ3) is 6.04. The topological polar surface area (TPSA) is 70.6 Å². The van der Waals surface area contributed by atoms with Crippen LogP contribution in [0, 0.1) is 0 Å². The minimum atomic E-state index is 0.0455. The first-order chi connectivity index (χ1) is 10.1. The molecule has 118 valence electrons. The molecule has 0 bridgehead atoms. The number of benzene rings is 1. The molecule has 1 aromatic rings. The van der Waals surface area contributed by atoms with E-state index in [0.29, 0.717) is 31.9 Å². The smallest absolute Gasteiger partial charge is 0.221 e. The molecule has 0 aromatic heterocycles. The van der Waals surface area contributed by atoms with Gasteiger partial charge in [-0.25, -0.2) is 0 Å². The quantitative estimate of drug-likeness (QED) is 0.611. The van der Waals surface area contributed by atoms with Crippen molar-refractivity contribution in [3.63, 3.8) is 0 Å². The van der Waals surface area contributed by atoms with Crippen LogP contribution in [0.5, 0.6) is 11.5 Å². The number of ether oxygens (including phenoxy) is 1. The van der Waals surface area contributed by atoms with Crippen molar-refractivity contribution < 1.29 is 14.6 Å². The first-order valence-electron chi connectivity index (χ1n) is 7.52. The molecule has 0 saturated heterocycles. The average molecular weight is 294 g/mol. The summed E-state index contributed by atoms with van der Waals surface area (Å²) in [5, 5.41) is 16.1. The van der Waals surface area contributed by atoms with Crippen LogP contribution >= 0.6 is 0 Å². The van der Waals surface area contributed by atoms with Crippen LogP contribution in [0.25, 0.3) is 0 Å². The summed E-state index contributed by atoms with van der Waals surface area (Å²) >= 11 is 0. The largest absolute Gasteiger partial charge is 0.504 e. The van der Waals surface area contributed by atoms with Crippen molar-refractivity contribution in [3.05, 3.63) is 23.8 Å². The first-order valence-corrected chi connectivity index (χ1v) is 7.52. The second kappa shape index (κ2) is 9.23. The Morgan fingerprint density at radius 1 is 1.38 bits per heavy atom. The molecule has 5 heteroatoms. The van der Waals surface area contributed by atoms with E-state index in [-0.39, 0.29) is 17.7 Å². The molecule has 0 aliphatic rings. The molecule has 0 aliphatic heterocycles. The molecule has 0 heterocycles. The Balaban J connectivity index is 2.36. The van der Waals surface area contributed by atoms with Gasteiger partial charge < -0.3 is 20.5 Å². The molecule has 1 atom stereocenters. The van der Waals surface area contributed by atoms with Crippen LogP contribution in [-0.2, 0) is 11.3 Å². The normalized spacial score (nSPS) is 12.0. The molecule has 5 nitrogen and oxygen atoms in total. The van der Waals surface area contributed by atoms with Crippen LogP contribution in [0.4, 0.5) is 0 Å². The molecular formula is C16H26N2O3. The Kier molecular flexibility index (Phi) is 7.61. The fraction of sp³-hybridized carbons (Fsp3) is 0.562. The predicted molar refractivity (Wildman–Crippen MR) is 83.5 cm³/mol. The van der Waals surface area contributed by atoms with Crippen LogP contribution in [0.15, 0.2) is 18.2 Å². The van der Waals surface area contributed by atoms with E-state index in [2.05, 4.69) is 10.6 Å². The Bertz CT molecular complexity index is 449. The van der Waals surface area contributed by atoms with Gasteiger partial charge in [-0.1, -0.05) is 19.1 Å². The van der Waals surface area contributed by atoms with Crippen LogP contribution in [0.2, 0.25) is 0 Å². The lowest BCUT2D eigenvalue weighted by Gasteiger charge is -2.12. The number of para-hydroxylation sites is 1. The maximum atomic E-state index is 11.6. The minimum Gasteiger partial charge on any atom is -0.504 e. The van der Waals surface area contributed by atoms with Gasteiger partial charge >= 0.3 is 0 Å². The number of hydrogen-bond acceptors (Lipinski definition) is 4. The van der Waals surface area contributed by atoms with Gasteiger partial charge in [-0.2, -0.15) is 0 Å². The summed E-state index contributed by atoms with van der Waals surface area (Å²) in [5.41, 5.74) is 0.767. The van der Waals surface area contributed by atoms with Crippen LogP contribution in [0.1, 0.15) is 39.2 Å². The summed E-state index contributed by atoms with van der Waals surface area (Å²) < 4.78 is 5.34. The van der Waals surface area contributed by atoms with E-state index < -0.39 is 0 Å². The molecule has 1 aromatic carbocycles. The molecule has 1 unspecified atom stereocenters. The molecule has 1 rings (SSSR count). The summed E-state index contributed by atoms with van der Waals surface area (Å²) in [6.45, 7) is 7.49. The number of rotatable bonds is 9. The van der Waals surface area contributed by atoms with E-state index in [4.69, 9.17) is 4.74 Å². The highest BCUT2D eigenvalue weighted by Gasteiger charge is 2.08. The van der Waals surface area contributed by atoms with Gasteiger partial charge in [-0.15, -0.1) is 0 Å². The minimum absolute atomic E-state index is 0.0455. The molecule has 3 N–H and O–H groups in total.